The molecule has 0 bridgehead atoms. The average Bonchev–Trinajstić information content (AvgIpc) is 2.91. The van der Waals surface area contributed by atoms with Gasteiger partial charge < -0.3 is 14.0 Å². The number of thiazole rings is 1. The average molecular weight is 327 g/mol. The van der Waals surface area contributed by atoms with E-state index >= 15 is 0 Å². The summed E-state index contributed by atoms with van der Waals surface area (Å²) in [5, 5.41) is 8.52. The van der Waals surface area contributed by atoms with Crippen LogP contribution in [0.3, 0.4) is 0 Å². The first-order chi connectivity index (χ1) is 11.2. The third kappa shape index (κ3) is 3.12. The maximum atomic E-state index is 5.35. The van der Waals surface area contributed by atoms with Gasteiger partial charge in [-0.25, -0.2) is 0 Å². The maximum absolute atomic E-state index is 5.35. The number of fused-ring (bicyclic) bond motifs is 1. The summed E-state index contributed by atoms with van der Waals surface area (Å²) >= 11 is 1.61. The first kappa shape index (κ1) is 15.3. The Labute approximate surface area is 138 Å². The van der Waals surface area contributed by atoms with Crippen LogP contribution in [0.25, 0.3) is 10.2 Å². The van der Waals surface area contributed by atoms with Gasteiger partial charge in [0, 0.05) is 18.7 Å². The molecule has 3 aromatic rings. The first-order valence-corrected chi connectivity index (χ1v) is 7.88. The summed E-state index contributed by atoms with van der Waals surface area (Å²) in [6, 6.07) is 13.8. The fourth-order valence-electron chi connectivity index (χ4n) is 2.24. The van der Waals surface area contributed by atoms with Gasteiger partial charge in [0.25, 0.3) is 0 Å². The standard InChI is InChI=1S/C17H17N3O2S/c1-20-14-6-4-5-7-16(14)23-17(20)19-18-11-12-8-9-13(21-2)10-15(12)22-3/h4-11H,1-3H3. The summed E-state index contributed by atoms with van der Waals surface area (Å²) in [5.41, 5.74) is 1.99. The minimum absolute atomic E-state index is 0.698. The molecule has 0 saturated heterocycles. The lowest BCUT2D eigenvalue weighted by Crippen LogP contribution is -2.08. The molecule has 0 fully saturated rings. The summed E-state index contributed by atoms with van der Waals surface area (Å²) in [7, 11) is 5.23. The number of aryl methyl sites for hydroxylation is 1. The lowest BCUT2D eigenvalue weighted by atomic mass is 10.2. The van der Waals surface area contributed by atoms with Crippen molar-refractivity contribution in [2.24, 2.45) is 17.3 Å². The van der Waals surface area contributed by atoms with Crippen molar-refractivity contribution in [3.05, 3.63) is 52.8 Å². The number of aromatic nitrogens is 1. The molecule has 0 aliphatic carbocycles. The Balaban J connectivity index is 1.95. The highest BCUT2D eigenvalue weighted by molar-refractivity contribution is 7.16. The third-order valence-corrected chi connectivity index (χ3v) is 4.60. The predicted molar refractivity (Wildman–Crippen MR) is 93.5 cm³/mol. The lowest BCUT2D eigenvalue weighted by Gasteiger charge is -2.06. The van der Waals surface area contributed by atoms with Gasteiger partial charge in [-0.05, 0) is 24.3 Å². The quantitative estimate of drug-likeness (QED) is 0.546. The zero-order chi connectivity index (χ0) is 16.2. The predicted octanol–water partition coefficient (Wildman–Crippen LogP) is 3.19. The third-order valence-electron chi connectivity index (χ3n) is 3.50. The van der Waals surface area contributed by atoms with Gasteiger partial charge in [-0.1, -0.05) is 23.5 Å². The van der Waals surface area contributed by atoms with Gasteiger partial charge >= 0.3 is 0 Å². The van der Waals surface area contributed by atoms with Gasteiger partial charge in [0.05, 0.1) is 30.7 Å². The van der Waals surface area contributed by atoms with Crippen LogP contribution in [0.5, 0.6) is 11.5 Å². The van der Waals surface area contributed by atoms with E-state index in [1.54, 1.807) is 31.8 Å². The van der Waals surface area contributed by atoms with E-state index < -0.39 is 0 Å². The van der Waals surface area contributed by atoms with Crippen molar-refractivity contribution >= 4 is 27.8 Å². The summed E-state index contributed by atoms with van der Waals surface area (Å²) in [5.74, 6) is 1.44. The van der Waals surface area contributed by atoms with Gasteiger partial charge in [0.1, 0.15) is 11.5 Å². The van der Waals surface area contributed by atoms with Gasteiger partial charge in [-0.15, -0.1) is 5.10 Å². The molecule has 118 valence electrons. The Bertz CT molecular complexity index is 925. The minimum Gasteiger partial charge on any atom is -0.497 e. The van der Waals surface area contributed by atoms with Crippen molar-refractivity contribution in [1.29, 1.82) is 0 Å². The SMILES string of the molecule is COc1ccc(C=NN=c2sc3ccccc3n2C)c(OC)c1. The topological polar surface area (TPSA) is 48.1 Å². The normalized spacial score (nSPS) is 12.2. The zero-order valence-corrected chi connectivity index (χ0v) is 14.0. The van der Waals surface area contributed by atoms with E-state index in [1.165, 1.54) is 4.70 Å². The summed E-state index contributed by atoms with van der Waals surface area (Å²) < 4.78 is 13.7. The van der Waals surface area contributed by atoms with Crippen molar-refractivity contribution < 1.29 is 9.47 Å². The van der Waals surface area contributed by atoms with Crippen molar-refractivity contribution in [3.63, 3.8) is 0 Å². The van der Waals surface area contributed by atoms with Crippen LogP contribution in [-0.4, -0.2) is 25.0 Å². The van der Waals surface area contributed by atoms with E-state index in [1.807, 2.05) is 41.9 Å². The van der Waals surface area contributed by atoms with E-state index in [0.29, 0.717) is 5.75 Å². The highest BCUT2D eigenvalue weighted by atomic mass is 32.1. The number of nitrogens with zero attached hydrogens (tertiary/aromatic N) is 3. The van der Waals surface area contributed by atoms with Crippen molar-refractivity contribution in [2.75, 3.05) is 14.2 Å². The summed E-state index contributed by atoms with van der Waals surface area (Å²) in [4.78, 5) is 0.843. The van der Waals surface area contributed by atoms with Crippen LogP contribution in [0.2, 0.25) is 0 Å². The van der Waals surface area contributed by atoms with Crippen LogP contribution < -0.4 is 14.3 Å². The number of benzene rings is 2. The molecule has 0 unspecified atom stereocenters. The molecule has 2 aromatic carbocycles. The number of hydrogen-bond donors (Lipinski definition) is 0. The highest BCUT2D eigenvalue weighted by Gasteiger charge is 2.03. The van der Waals surface area contributed by atoms with Crippen molar-refractivity contribution in [3.8, 4) is 11.5 Å². The molecule has 23 heavy (non-hydrogen) atoms. The molecular formula is C17H17N3O2S. The molecule has 0 aliphatic heterocycles. The van der Waals surface area contributed by atoms with Gasteiger partial charge in [-0.3, -0.25) is 0 Å². The molecule has 0 aliphatic rings. The number of rotatable bonds is 4. The lowest BCUT2D eigenvalue weighted by molar-refractivity contribution is 0.394. The Kier molecular flexibility index (Phi) is 4.43. The monoisotopic (exact) mass is 327 g/mol. The number of hydrogen-bond acceptors (Lipinski definition) is 5. The Morgan fingerprint density at radius 1 is 1.09 bits per heavy atom. The summed E-state index contributed by atoms with van der Waals surface area (Å²) in [6.45, 7) is 0. The van der Waals surface area contributed by atoms with Crippen LogP contribution in [0.15, 0.2) is 52.7 Å². The van der Waals surface area contributed by atoms with Crippen LogP contribution in [0.1, 0.15) is 5.56 Å². The van der Waals surface area contributed by atoms with Crippen LogP contribution in [0.4, 0.5) is 0 Å². The van der Waals surface area contributed by atoms with E-state index in [2.05, 4.69) is 22.3 Å². The molecule has 1 aromatic heterocycles. The smallest absolute Gasteiger partial charge is 0.211 e. The minimum atomic E-state index is 0.698. The second-order valence-electron chi connectivity index (χ2n) is 4.86. The van der Waals surface area contributed by atoms with Crippen molar-refractivity contribution in [1.82, 2.24) is 4.57 Å². The second-order valence-corrected chi connectivity index (χ2v) is 5.87. The molecule has 0 N–H and O–H groups in total. The fraction of sp³-hybridized carbons (Fsp3) is 0.176. The van der Waals surface area contributed by atoms with E-state index in [9.17, 15) is 0 Å². The molecule has 3 rings (SSSR count). The number of methoxy groups -OCH3 is 2. The maximum Gasteiger partial charge on any atom is 0.211 e. The molecule has 0 saturated carbocycles. The molecule has 0 radical (unpaired) electrons. The summed E-state index contributed by atoms with van der Waals surface area (Å²) in [6.07, 6.45) is 1.68. The zero-order valence-electron chi connectivity index (χ0n) is 13.2. The van der Waals surface area contributed by atoms with Gasteiger partial charge in [0.2, 0.25) is 4.80 Å². The Hall–Kier alpha value is -2.60. The number of para-hydroxylation sites is 1. The Morgan fingerprint density at radius 3 is 2.65 bits per heavy atom. The molecule has 0 spiro atoms. The first-order valence-electron chi connectivity index (χ1n) is 7.06. The number of ether oxygens (including phenoxy) is 2. The molecular weight excluding hydrogens is 310 g/mol. The van der Waals surface area contributed by atoms with Crippen LogP contribution >= 0.6 is 11.3 Å². The van der Waals surface area contributed by atoms with Gasteiger partial charge in [-0.2, -0.15) is 5.10 Å². The molecule has 1 heterocycles. The van der Waals surface area contributed by atoms with Crippen LogP contribution in [0, 0.1) is 0 Å². The van der Waals surface area contributed by atoms with E-state index in [-0.39, 0.29) is 0 Å². The van der Waals surface area contributed by atoms with Crippen LogP contribution in [-0.2, 0) is 7.05 Å². The highest BCUT2D eigenvalue weighted by Crippen LogP contribution is 2.23. The molecule has 5 nitrogen and oxygen atoms in total. The second kappa shape index (κ2) is 6.66. The molecule has 0 atom stereocenters. The largest absolute Gasteiger partial charge is 0.497 e. The van der Waals surface area contributed by atoms with E-state index in [0.717, 1.165) is 21.6 Å². The van der Waals surface area contributed by atoms with E-state index in [4.69, 9.17) is 9.47 Å². The van der Waals surface area contributed by atoms with Gasteiger partial charge in [0.15, 0.2) is 0 Å². The molecule has 0 amide bonds. The Morgan fingerprint density at radius 2 is 1.91 bits per heavy atom. The molecule has 6 heteroatoms. The van der Waals surface area contributed by atoms with Crippen molar-refractivity contribution in [2.45, 2.75) is 0 Å². The fourth-order valence-corrected chi connectivity index (χ4v) is 3.22.